The Morgan fingerprint density at radius 3 is 2.38 bits per heavy atom. The van der Waals surface area contributed by atoms with Gasteiger partial charge in [0.2, 0.25) is 0 Å². The van der Waals surface area contributed by atoms with E-state index in [9.17, 15) is 31.9 Å². The van der Waals surface area contributed by atoms with Crippen molar-refractivity contribution in [2.24, 2.45) is 0 Å². The summed E-state index contributed by atoms with van der Waals surface area (Å²) in [5.74, 6) is -2.69. The molecule has 13 heteroatoms. The second-order valence-electron chi connectivity index (χ2n) is 8.04. The lowest BCUT2D eigenvalue weighted by Gasteiger charge is -2.27. The third-order valence-electron chi connectivity index (χ3n) is 5.51. The molecule has 1 aliphatic heterocycles. The van der Waals surface area contributed by atoms with Crippen LogP contribution in [0.1, 0.15) is 16.7 Å². The summed E-state index contributed by atoms with van der Waals surface area (Å²) in [6.45, 7) is -0.182. The fraction of sp³-hybridized carbons (Fsp3) is 0.115. The van der Waals surface area contributed by atoms with Crippen LogP contribution in [-0.2, 0) is 22.4 Å². The van der Waals surface area contributed by atoms with Gasteiger partial charge in [-0.2, -0.15) is 13.2 Å². The Labute approximate surface area is 228 Å². The minimum Gasteiger partial charge on any atom is -0.493 e. The fourth-order valence-corrected chi connectivity index (χ4v) is 4.11. The van der Waals surface area contributed by atoms with Crippen molar-refractivity contribution in [1.29, 1.82) is 0 Å². The average molecular weight is 583 g/mol. The fourth-order valence-electron chi connectivity index (χ4n) is 3.63. The van der Waals surface area contributed by atoms with Crippen LogP contribution < -0.4 is 19.7 Å². The number of hydrogen-bond donors (Lipinski definition) is 1. The monoisotopic (exact) mass is 582 g/mol. The van der Waals surface area contributed by atoms with Crippen LogP contribution in [0.2, 0.25) is 10.0 Å². The summed E-state index contributed by atoms with van der Waals surface area (Å²) in [6.07, 6.45) is -3.72. The van der Waals surface area contributed by atoms with Crippen LogP contribution in [0, 0.1) is 5.82 Å². The molecule has 0 radical (unpaired) electrons. The Hall–Kier alpha value is -4.09. The molecule has 1 aliphatic rings. The standard InChI is InChI=1S/C26H16Cl2F4N2O5/c1-38-21-10-13(9-18(28)22(21)39-12-14-4-2-3-5-19(14)29)8-16-23(35)33-25(37)34(24(16)36)20-11-15(26(30,31)32)6-7-17(20)27/h2-11H,12H2,1H3,(H,33,35,37)/b16-8-. The highest BCUT2D eigenvalue weighted by Crippen LogP contribution is 2.39. The first-order valence-corrected chi connectivity index (χ1v) is 11.7. The van der Waals surface area contributed by atoms with E-state index in [1.807, 2.05) is 5.32 Å². The topological polar surface area (TPSA) is 84.9 Å². The zero-order valence-electron chi connectivity index (χ0n) is 19.7. The molecule has 39 heavy (non-hydrogen) atoms. The first kappa shape index (κ1) is 27.9. The number of ether oxygens (including phenoxy) is 2. The number of alkyl halides is 3. The number of urea groups is 1. The minimum atomic E-state index is -4.79. The summed E-state index contributed by atoms with van der Waals surface area (Å²) >= 11 is 12.3. The molecule has 3 aromatic carbocycles. The van der Waals surface area contributed by atoms with Crippen molar-refractivity contribution < 1.29 is 41.4 Å². The first-order valence-electron chi connectivity index (χ1n) is 10.9. The number of rotatable bonds is 6. The molecule has 0 unspecified atom stereocenters. The number of carbonyl (C=O) groups excluding carboxylic acids is 3. The van der Waals surface area contributed by atoms with Gasteiger partial charge in [0.15, 0.2) is 11.5 Å². The SMILES string of the molecule is COc1cc(/C=C2/C(=O)NC(=O)N(c3cc(C(F)(F)F)ccc3Cl)C2=O)cc(Cl)c1OCc1ccccc1F. The van der Waals surface area contributed by atoms with E-state index < -0.39 is 46.7 Å². The van der Waals surface area contributed by atoms with Gasteiger partial charge in [-0.05, 0) is 48.0 Å². The Morgan fingerprint density at radius 2 is 1.72 bits per heavy atom. The molecule has 3 aromatic rings. The van der Waals surface area contributed by atoms with Crippen molar-refractivity contribution in [1.82, 2.24) is 5.32 Å². The quantitative estimate of drug-likeness (QED) is 0.206. The summed E-state index contributed by atoms with van der Waals surface area (Å²) in [5.41, 5.74) is -1.92. The molecule has 0 atom stereocenters. The van der Waals surface area contributed by atoms with Crippen molar-refractivity contribution in [2.45, 2.75) is 12.8 Å². The van der Waals surface area contributed by atoms with Crippen LogP contribution in [0.25, 0.3) is 6.08 Å². The molecule has 1 heterocycles. The van der Waals surface area contributed by atoms with E-state index in [-0.39, 0.29) is 39.3 Å². The minimum absolute atomic E-state index is 0.0185. The van der Waals surface area contributed by atoms with Crippen molar-refractivity contribution in [2.75, 3.05) is 12.0 Å². The molecule has 202 valence electrons. The van der Waals surface area contributed by atoms with Gasteiger partial charge in [0.05, 0.1) is 28.4 Å². The second kappa shape index (κ2) is 11.0. The van der Waals surface area contributed by atoms with Crippen LogP contribution in [0.3, 0.4) is 0 Å². The van der Waals surface area contributed by atoms with Crippen molar-refractivity contribution >= 4 is 52.8 Å². The number of halogens is 6. The highest BCUT2D eigenvalue weighted by molar-refractivity contribution is 6.42. The highest BCUT2D eigenvalue weighted by Gasteiger charge is 2.39. The van der Waals surface area contributed by atoms with Gasteiger partial charge in [0, 0.05) is 5.56 Å². The molecule has 7 nitrogen and oxygen atoms in total. The molecule has 1 fully saturated rings. The van der Waals surface area contributed by atoms with Crippen LogP contribution in [0.15, 0.2) is 60.2 Å². The van der Waals surface area contributed by atoms with Crippen LogP contribution >= 0.6 is 23.2 Å². The zero-order valence-corrected chi connectivity index (χ0v) is 21.2. The van der Waals surface area contributed by atoms with Crippen molar-refractivity contribution in [3.63, 3.8) is 0 Å². The number of hydrogen-bond acceptors (Lipinski definition) is 5. The Morgan fingerprint density at radius 1 is 1.00 bits per heavy atom. The maximum atomic E-state index is 13.9. The van der Waals surface area contributed by atoms with Gasteiger partial charge in [-0.15, -0.1) is 0 Å². The third-order valence-corrected chi connectivity index (χ3v) is 6.11. The lowest BCUT2D eigenvalue weighted by molar-refractivity contribution is -0.137. The van der Waals surface area contributed by atoms with E-state index in [0.29, 0.717) is 17.0 Å². The summed E-state index contributed by atoms with van der Waals surface area (Å²) < 4.78 is 64.6. The molecule has 1 N–H and O–H groups in total. The predicted octanol–water partition coefficient (Wildman–Crippen LogP) is 6.41. The molecule has 0 spiro atoms. The summed E-state index contributed by atoms with van der Waals surface area (Å²) in [4.78, 5) is 38.5. The van der Waals surface area contributed by atoms with E-state index in [4.69, 9.17) is 32.7 Å². The largest absolute Gasteiger partial charge is 0.493 e. The zero-order chi connectivity index (χ0) is 28.5. The molecule has 0 bridgehead atoms. The lowest BCUT2D eigenvalue weighted by atomic mass is 10.1. The number of amides is 4. The Kier molecular flexibility index (Phi) is 7.84. The third kappa shape index (κ3) is 5.84. The number of nitrogens with one attached hydrogen (secondary N) is 1. The number of methoxy groups -OCH3 is 1. The normalized spacial score (nSPS) is 15.0. The number of benzene rings is 3. The lowest BCUT2D eigenvalue weighted by Crippen LogP contribution is -2.54. The number of anilines is 1. The molecular formula is C26H16Cl2F4N2O5. The average Bonchev–Trinajstić information content (AvgIpc) is 2.86. The van der Waals surface area contributed by atoms with Gasteiger partial charge in [-0.3, -0.25) is 14.9 Å². The van der Waals surface area contributed by atoms with E-state index in [1.54, 1.807) is 6.07 Å². The van der Waals surface area contributed by atoms with Gasteiger partial charge in [0.1, 0.15) is 18.0 Å². The summed E-state index contributed by atoms with van der Waals surface area (Å²) in [5, 5.41) is 1.56. The van der Waals surface area contributed by atoms with Gasteiger partial charge in [-0.1, -0.05) is 41.4 Å². The van der Waals surface area contributed by atoms with E-state index in [1.165, 1.54) is 37.4 Å². The van der Waals surface area contributed by atoms with Crippen LogP contribution in [0.4, 0.5) is 28.0 Å². The highest BCUT2D eigenvalue weighted by atomic mass is 35.5. The van der Waals surface area contributed by atoms with Crippen LogP contribution in [-0.4, -0.2) is 25.0 Å². The summed E-state index contributed by atoms with van der Waals surface area (Å²) in [7, 11) is 1.30. The van der Waals surface area contributed by atoms with Gasteiger partial charge < -0.3 is 9.47 Å². The number of barbiturate groups is 1. The van der Waals surface area contributed by atoms with Gasteiger partial charge >= 0.3 is 12.2 Å². The number of carbonyl (C=O) groups is 3. The molecule has 0 saturated carbocycles. The number of imide groups is 2. The van der Waals surface area contributed by atoms with E-state index in [0.717, 1.165) is 12.1 Å². The summed E-state index contributed by atoms with van der Waals surface area (Å²) in [6, 6.07) is 9.40. The smallest absolute Gasteiger partial charge is 0.416 e. The second-order valence-corrected chi connectivity index (χ2v) is 8.85. The maximum absolute atomic E-state index is 13.9. The first-order chi connectivity index (χ1) is 18.4. The van der Waals surface area contributed by atoms with Gasteiger partial charge in [-0.25, -0.2) is 14.1 Å². The van der Waals surface area contributed by atoms with Crippen molar-refractivity contribution in [3.8, 4) is 11.5 Å². The molecule has 1 saturated heterocycles. The van der Waals surface area contributed by atoms with Crippen LogP contribution in [0.5, 0.6) is 11.5 Å². The predicted molar refractivity (Wildman–Crippen MR) is 134 cm³/mol. The van der Waals surface area contributed by atoms with E-state index in [2.05, 4.69) is 0 Å². The van der Waals surface area contributed by atoms with Gasteiger partial charge in [0.25, 0.3) is 11.8 Å². The molecule has 0 aliphatic carbocycles. The maximum Gasteiger partial charge on any atom is 0.416 e. The molecule has 4 rings (SSSR count). The molecular weight excluding hydrogens is 567 g/mol. The molecule has 0 aromatic heterocycles. The Bertz CT molecular complexity index is 1520. The molecule has 4 amide bonds. The van der Waals surface area contributed by atoms with E-state index >= 15 is 0 Å². The Balaban J connectivity index is 1.69. The number of nitrogens with zero attached hydrogens (tertiary/aromatic N) is 1. The van der Waals surface area contributed by atoms with Crippen molar-refractivity contribution in [3.05, 3.63) is 92.7 Å².